The molecule has 1 aliphatic heterocycles. The van der Waals surface area contributed by atoms with Gasteiger partial charge in [0.05, 0.1) is 7.11 Å². The highest BCUT2D eigenvalue weighted by Gasteiger charge is 2.34. The molecule has 1 aromatic carbocycles. The van der Waals surface area contributed by atoms with E-state index in [1.807, 2.05) is 24.3 Å². The zero-order valence-electron chi connectivity index (χ0n) is 10.2. The summed E-state index contributed by atoms with van der Waals surface area (Å²) in [5.74, 6) is 0.760. The van der Waals surface area contributed by atoms with Gasteiger partial charge in [0.15, 0.2) is 0 Å². The molecule has 0 aliphatic carbocycles. The first-order valence-electron chi connectivity index (χ1n) is 5.78. The van der Waals surface area contributed by atoms with E-state index >= 15 is 0 Å². The summed E-state index contributed by atoms with van der Waals surface area (Å²) in [7, 11) is -1.59. The Morgan fingerprint density at radius 3 is 2.94 bits per heavy atom. The number of rotatable bonds is 4. The Balaban J connectivity index is 2.31. The molecule has 0 saturated carbocycles. The Morgan fingerprint density at radius 1 is 1.50 bits per heavy atom. The highest BCUT2D eigenvalue weighted by atomic mass is 79.9. The Kier molecular flexibility index (Phi) is 4.29. The molecule has 0 aromatic heterocycles. The molecule has 1 unspecified atom stereocenters. The summed E-state index contributed by atoms with van der Waals surface area (Å²) in [6, 6.07) is 7.55. The van der Waals surface area contributed by atoms with Crippen molar-refractivity contribution in [2.75, 3.05) is 18.3 Å². The highest BCUT2D eigenvalue weighted by Crippen LogP contribution is 2.35. The van der Waals surface area contributed by atoms with E-state index in [1.54, 1.807) is 11.4 Å². The van der Waals surface area contributed by atoms with Gasteiger partial charge in [0.2, 0.25) is 10.0 Å². The molecular formula is C12H16BrNO3S. The van der Waals surface area contributed by atoms with Gasteiger partial charge >= 0.3 is 0 Å². The number of hydrogen-bond acceptors (Lipinski definition) is 3. The van der Waals surface area contributed by atoms with Gasteiger partial charge in [-0.25, -0.2) is 8.42 Å². The maximum absolute atomic E-state index is 12.0. The number of methoxy groups -OCH3 is 1. The Bertz CT molecular complexity index is 518. The van der Waals surface area contributed by atoms with Crippen molar-refractivity contribution >= 4 is 26.0 Å². The average molecular weight is 334 g/mol. The van der Waals surface area contributed by atoms with Crippen molar-refractivity contribution in [3.63, 3.8) is 0 Å². The third-order valence-corrected chi connectivity index (χ3v) is 6.34. The van der Waals surface area contributed by atoms with E-state index in [1.165, 1.54) is 0 Å². The second kappa shape index (κ2) is 5.59. The lowest BCUT2D eigenvalue weighted by molar-refractivity contribution is 0.392. The van der Waals surface area contributed by atoms with Crippen molar-refractivity contribution in [3.05, 3.63) is 29.8 Å². The average Bonchev–Trinajstić information content (AvgIpc) is 2.89. The van der Waals surface area contributed by atoms with Crippen LogP contribution in [0.2, 0.25) is 0 Å². The van der Waals surface area contributed by atoms with E-state index in [0.29, 0.717) is 6.54 Å². The molecule has 0 N–H and O–H groups in total. The standard InChI is InChI=1S/C12H16BrNO3S/c1-17-11-5-2-4-10(8-11)12-6-3-7-14(12)18(15,16)9-13/h2,4-5,8,12H,3,6-7,9H2,1H3. The number of benzene rings is 1. The number of alkyl halides is 1. The summed E-state index contributed by atoms with van der Waals surface area (Å²) >= 11 is 3.05. The van der Waals surface area contributed by atoms with E-state index in [-0.39, 0.29) is 10.7 Å². The van der Waals surface area contributed by atoms with Crippen LogP contribution in [0.1, 0.15) is 24.4 Å². The van der Waals surface area contributed by atoms with Gasteiger partial charge in [-0.3, -0.25) is 0 Å². The minimum Gasteiger partial charge on any atom is -0.497 e. The number of ether oxygens (including phenoxy) is 1. The second-order valence-electron chi connectivity index (χ2n) is 4.27. The smallest absolute Gasteiger partial charge is 0.224 e. The molecule has 0 spiro atoms. The first-order chi connectivity index (χ1) is 8.58. The Labute approximate surface area is 116 Å². The van der Waals surface area contributed by atoms with Gasteiger partial charge in [-0.15, -0.1) is 0 Å². The molecule has 0 bridgehead atoms. The summed E-state index contributed by atoms with van der Waals surface area (Å²) < 4.78 is 30.7. The van der Waals surface area contributed by atoms with Crippen LogP contribution in [0.3, 0.4) is 0 Å². The van der Waals surface area contributed by atoms with Crippen molar-refractivity contribution in [2.45, 2.75) is 18.9 Å². The largest absolute Gasteiger partial charge is 0.497 e. The molecule has 1 atom stereocenters. The van der Waals surface area contributed by atoms with Crippen LogP contribution in [0.5, 0.6) is 5.75 Å². The van der Waals surface area contributed by atoms with Crippen molar-refractivity contribution in [1.29, 1.82) is 0 Å². The molecular weight excluding hydrogens is 318 g/mol. The first kappa shape index (κ1) is 13.8. The zero-order valence-corrected chi connectivity index (χ0v) is 12.6. The molecule has 4 nitrogen and oxygen atoms in total. The van der Waals surface area contributed by atoms with Crippen LogP contribution in [0.25, 0.3) is 0 Å². The van der Waals surface area contributed by atoms with Gasteiger partial charge in [-0.1, -0.05) is 28.1 Å². The molecule has 18 heavy (non-hydrogen) atoms. The minimum atomic E-state index is -3.21. The molecule has 1 aliphatic rings. The summed E-state index contributed by atoms with van der Waals surface area (Å²) in [6.07, 6.45) is 1.76. The summed E-state index contributed by atoms with van der Waals surface area (Å²) in [6.45, 7) is 0.593. The second-order valence-corrected chi connectivity index (χ2v) is 7.49. The van der Waals surface area contributed by atoms with Crippen LogP contribution in [-0.4, -0.2) is 31.0 Å². The predicted octanol–water partition coefficient (Wildman–Crippen LogP) is 2.51. The molecule has 0 radical (unpaired) electrons. The van der Waals surface area contributed by atoms with Crippen LogP contribution in [0, 0.1) is 0 Å². The fourth-order valence-corrected chi connectivity index (χ4v) is 4.25. The minimum absolute atomic E-state index is 0.0273. The maximum Gasteiger partial charge on any atom is 0.224 e. The Morgan fingerprint density at radius 2 is 2.28 bits per heavy atom. The van der Waals surface area contributed by atoms with Crippen LogP contribution in [0.4, 0.5) is 0 Å². The summed E-state index contributed by atoms with van der Waals surface area (Å²) in [5.41, 5.74) is 0.997. The first-order valence-corrected chi connectivity index (χ1v) is 8.51. The summed E-state index contributed by atoms with van der Waals surface area (Å²) in [5, 5.41) is 0. The topological polar surface area (TPSA) is 46.6 Å². The fourth-order valence-electron chi connectivity index (χ4n) is 2.32. The molecule has 1 fully saturated rings. The van der Waals surface area contributed by atoms with Crippen molar-refractivity contribution in [1.82, 2.24) is 4.31 Å². The van der Waals surface area contributed by atoms with Crippen LogP contribution in [0.15, 0.2) is 24.3 Å². The fraction of sp³-hybridized carbons (Fsp3) is 0.500. The molecule has 2 rings (SSSR count). The van der Waals surface area contributed by atoms with Crippen LogP contribution < -0.4 is 4.74 Å². The lowest BCUT2D eigenvalue weighted by Gasteiger charge is -2.23. The molecule has 1 heterocycles. The lowest BCUT2D eigenvalue weighted by atomic mass is 10.1. The lowest BCUT2D eigenvalue weighted by Crippen LogP contribution is -2.31. The monoisotopic (exact) mass is 333 g/mol. The number of halogens is 1. The number of nitrogens with zero attached hydrogens (tertiary/aromatic N) is 1. The van der Waals surface area contributed by atoms with E-state index in [4.69, 9.17) is 4.74 Å². The normalized spacial score (nSPS) is 21.1. The van der Waals surface area contributed by atoms with E-state index in [2.05, 4.69) is 15.9 Å². The highest BCUT2D eigenvalue weighted by molar-refractivity contribution is 9.10. The van der Waals surface area contributed by atoms with Gasteiger partial charge in [0.1, 0.15) is 10.4 Å². The molecule has 100 valence electrons. The van der Waals surface area contributed by atoms with Crippen molar-refractivity contribution < 1.29 is 13.2 Å². The van der Waals surface area contributed by atoms with Crippen molar-refractivity contribution in [3.8, 4) is 5.75 Å². The third-order valence-electron chi connectivity index (χ3n) is 3.18. The van der Waals surface area contributed by atoms with Gasteiger partial charge in [0, 0.05) is 12.6 Å². The van der Waals surface area contributed by atoms with Gasteiger partial charge in [0.25, 0.3) is 0 Å². The third kappa shape index (κ3) is 2.70. The maximum atomic E-state index is 12.0. The zero-order chi connectivity index (χ0) is 13.2. The van der Waals surface area contributed by atoms with Crippen molar-refractivity contribution in [2.24, 2.45) is 0 Å². The van der Waals surface area contributed by atoms with E-state index in [0.717, 1.165) is 24.2 Å². The Hall–Kier alpha value is -0.590. The molecule has 6 heteroatoms. The van der Waals surface area contributed by atoms with Gasteiger partial charge in [-0.2, -0.15) is 4.31 Å². The SMILES string of the molecule is COc1cccc(C2CCCN2S(=O)(=O)CBr)c1. The predicted molar refractivity (Wildman–Crippen MR) is 74.4 cm³/mol. The van der Waals surface area contributed by atoms with E-state index < -0.39 is 10.0 Å². The van der Waals surface area contributed by atoms with Crippen LogP contribution >= 0.6 is 15.9 Å². The summed E-state index contributed by atoms with van der Waals surface area (Å²) in [4.78, 5) is 0. The molecule has 1 aromatic rings. The number of sulfonamides is 1. The van der Waals surface area contributed by atoms with E-state index in [9.17, 15) is 8.42 Å². The van der Waals surface area contributed by atoms with Crippen LogP contribution in [-0.2, 0) is 10.0 Å². The molecule has 0 amide bonds. The van der Waals surface area contributed by atoms with Gasteiger partial charge in [-0.05, 0) is 30.5 Å². The quantitative estimate of drug-likeness (QED) is 0.795. The molecule has 1 saturated heterocycles. The van der Waals surface area contributed by atoms with Gasteiger partial charge < -0.3 is 4.74 Å². The number of hydrogen-bond donors (Lipinski definition) is 0.